The van der Waals surface area contributed by atoms with Gasteiger partial charge in [0.05, 0.1) is 0 Å². The molecular weight excluding hydrogens is 132 g/mol. The zero-order valence-corrected chi connectivity index (χ0v) is 6.09. The molecule has 0 nitrogen and oxygen atoms in total. The molecule has 0 aromatic heterocycles. The van der Waals surface area contributed by atoms with Crippen LogP contribution < -0.4 is 0 Å². The van der Waals surface area contributed by atoms with Crippen molar-refractivity contribution in [2.45, 2.75) is 7.43 Å². The molecule has 0 atom stereocenters. The maximum atomic E-state index is 3.63. The van der Waals surface area contributed by atoms with Gasteiger partial charge in [0.15, 0.2) is 0 Å². The monoisotopic (exact) mass is 148 g/mol. The Balaban J connectivity index is 0. The summed E-state index contributed by atoms with van der Waals surface area (Å²) in [6, 6.07) is 10.0. The molecule has 0 spiro atoms. The van der Waals surface area contributed by atoms with Crippen molar-refractivity contribution in [3.05, 3.63) is 55.6 Å². The highest BCUT2D eigenvalue weighted by Gasteiger charge is 1.75. The van der Waals surface area contributed by atoms with Crippen LogP contribution in [0.5, 0.6) is 0 Å². The van der Waals surface area contributed by atoms with E-state index in [4.69, 9.17) is 0 Å². The Kier molecular flexibility index (Phi) is 9.79. The molecule has 1 aromatic rings. The first kappa shape index (κ1) is 12.4. The standard InChI is InChI=1S/C8H8.C2H4.CH4/c1-2-8-6-4-3-5-7-8;1-2;/h2-7H,1H2;1-2H2;1H4. The van der Waals surface area contributed by atoms with Crippen molar-refractivity contribution in [1.29, 1.82) is 0 Å². The van der Waals surface area contributed by atoms with E-state index in [-0.39, 0.29) is 7.43 Å². The SMILES string of the molecule is C.C=C.C=Cc1ccccc1. The predicted molar refractivity (Wildman–Crippen MR) is 54.5 cm³/mol. The Hall–Kier alpha value is -1.30. The fourth-order valence-corrected chi connectivity index (χ4v) is 0.589. The second-order valence-corrected chi connectivity index (χ2v) is 1.61. The van der Waals surface area contributed by atoms with Crippen molar-refractivity contribution < 1.29 is 0 Å². The van der Waals surface area contributed by atoms with E-state index in [1.807, 2.05) is 36.4 Å². The third-order valence-electron chi connectivity index (χ3n) is 1.04. The topological polar surface area (TPSA) is 0 Å². The molecule has 0 heteroatoms. The van der Waals surface area contributed by atoms with Gasteiger partial charge in [-0.3, -0.25) is 0 Å². The number of hydrogen-bond acceptors (Lipinski definition) is 0. The molecule has 0 saturated heterocycles. The van der Waals surface area contributed by atoms with Gasteiger partial charge < -0.3 is 0 Å². The van der Waals surface area contributed by atoms with Gasteiger partial charge in [0.2, 0.25) is 0 Å². The maximum absolute atomic E-state index is 3.63. The first-order chi connectivity index (χ1) is 4.93. The first-order valence-electron chi connectivity index (χ1n) is 3.11. The average Bonchev–Trinajstić information content (AvgIpc) is 2.10. The van der Waals surface area contributed by atoms with E-state index in [0.717, 1.165) is 0 Å². The van der Waals surface area contributed by atoms with Crippen molar-refractivity contribution in [2.24, 2.45) is 0 Å². The van der Waals surface area contributed by atoms with Gasteiger partial charge in [-0.15, -0.1) is 13.2 Å². The van der Waals surface area contributed by atoms with Crippen molar-refractivity contribution in [3.63, 3.8) is 0 Å². The summed E-state index contributed by atoms with van der Waals surface area (Å²) < 4.78 is 0. The van der Waals surface area contributed by atoms with Crippen molar-refractivity contribution >= 4 is 6.08 Å². The molecule has 0 heterocycles. The number of rotatable bonds is 1. The third kappa shape index (κ3) is 5.16. The van der Waals surface area contributed by atoms with Crippen LogP contribution in [-0.4, -0.2) is 0 Å². The zero-order valence-electron chi connectivity index (χ0n) is 6.09. The largest absolute Gasteiger partial charge is 0.106 e. The number of hydrogen-bond donors (Lipinski definition) is 0. The molecule has 0 aliphatic rings. The summed E-state index contributed by atoms with van der Waals surface area (Å²) in [5.74, 6) is 0. The van der Waals surface area contributed by atoms with Gasteiger partial charge in [0, 0.05) is 0 Å². The molecule has 0 amide bonds. The third-order valence-corrected chi connectivity index (χ3v) is 1.04. The highest BCUT2D eigenvalue weighted by Crippen LogP contribution is 1.97. The molecule has 11 heavy (non-hydrogen) atoms. The van der Waals surface area contributed by atoms with E-state index >= 15 is 0 Å². The van der Waals surface area contributed by atoms with E-state index in [1.54, 1.807) is 0 Å². The maximum Gasteiger partial charge on any atom is -0.0263 e. The summed E-state index contributed by atoms with van der Waals surface area (Å²) in [6.45, 7) is 9.63. The zero-order chi connectivity index (χ0) is 7.82. The minimum Gasteiger partial charge on any atom is -0.106 e. The second-order valence-electron chi connectivity index (χ2n) is 1.61. The van der Waals surface area contributed by atoms with Crippen LogP contribution in [0.3, 0.4) is 0 Å². The minimum atomic E-state index is 0. The van der Waals surface area contributed by atoms with E-state index in [2.05, 4.69) is 19.7 Å². The Labute approximate surface area is 69.9 Å². The van der Waals surface area contributed by atoms with Crippen molar-refractivity contribution in [1.82, 2.24) is 0 Å². The molecule has 0 aliphatic carbocycles. The predicted octanol–water partition coefficient (Wildman–Crippen LogP) is 3.77. The normalized spacial score (nSPS) is 6.55. The molecule has 0 bridgehead atoms. The lowest BCUT2D eigenvalue weighted by Gasteiger charge is -1.85. The smallest absolute Gasteiger partial charge is 0.0263 e. The summed E-state index contributed by atoms with van der Waals surface area (Å²) in [6.07, 6.45) is 1.83. The van der Waals surface area contributed by atoms with Gasteiger partial charge in [0.25, 0.3) is 0 Å². The molecule has 0 aliphatic heterocycles. The van der Waals surface area contributed by atoms with Gasteiger partial charge >= 0.3 is 0 Å². The van der Waals surface area contributed by atoms with Crippen LogP contribution in [0.25, 0.3) is 6.08 Å². The lowest BCUT2D eigenvalue weighted by molar-refractivity contribution is 1.67. The molecule has 1 aromatic carbocycles. The van der Waals surface area contributed by atoms with Crippen LogP contribution in [-0.2, 0) is 0 Å². The van der Waals surface area contributed by atoms with Crippen molar-refractivity contribution in [3.8, 4) is 0 Å². The molecule has 0 N–H and O–H groups in total. The van der Waals surface area contributed by atoms with Gasteiger partial charge in [-0.05, 0) is 5.56 Å². The van der Waals surface area contributed by atoms with Crippen molar-refractivity contribution in [2.75, 3.05) is 0 Å². The molecule has 1 rings (SSSR count). The van der Waals surface area contributed by atoms with Crippen LogP contribution in [0, 0.1) is 0 Å². The van der Waals surface area contributed by atoms with E-state index in [9.17, 15) is 0 Å². The summed E-state index contributed by atoms with van der Waals surface area (Å²) in [4.78, 5) is 0. The van der Waals surface area contributed by atoms with E-state index in [0.29, 0.717) is 0 Å². The van der Waals surface area contributed by atoms with Crippen LogP contribution in [0.2, 0.25) is 0 Å². The fraction of sp³-hybridized carbons (Fsp3) is 0.0909. The van der Waals surface area contributed by atoms with Crippen LogP contribution in [0.4, 0.5) is 0 Å². The molecular formula is C11H16. The second kappa shape index (κ2) is 8.70. The fourth-order valence-electron chi connectivity index (χ4n) is 0.589. The summed E-state index contributed by atoms with van der Waals surface area (Å²) in [7, 11) is 0. The van der Waals surface area contributed by atoms with Crippen LogP contribution >= 0.6 is 0 Å². The summed E-state index contributed by atoms with van der Waals surface area (Å²) >= 11 is 0. The Morgan fingerprint density at radius 2 is 1.45 bits per heavy atom. The lowest BCUT2D eigenvalue weighted by Crippen LogP contribution is -1.63. The lowest BCUT2D eigenvalue weighted by atomic mass is 10.2. The Morgan fingerprint density at radius 1 is 1.00 bits per heavy atom. The number of benzene rings is 1. The molecule has 0 fully saturated rings. The molecule has 60 valence electrons. The molecule has 0 radical (unpaired) electrons. The van der Waals surface area contributed by atoms with Gasteiger partial charge in [-0.1, -0.05) is 50.4 Å². The minimum absolute atomic E-state index is 0. The Bertz CT molecular complexity index is 174. The molecule has 0 saturated carbocycles. The Morgan fingerprint density at radius 3 is 1.73 bits per heavy atom. The van der Waals surface area contributed by atoms with E-state index < -0.39 is 0 Å². The average molecular weight is 148 g/mol. The summed E-state index contributed by atoms with van der Waals surface area (Å²) in [5, 5.41) is 0. The van der Waals surface area contributed by atoms with Gasteiger partial charge in [-0.25, -0.2) is 0 Å². The first-order valence-corrected chi connectivity index (χ1v) is 3.11. The quantitative estimate of drug-likeness (QED) is 0.532. The highest BCUT2D eigenvalue weighted by molar-refractivity contribution is 5.45. The summed E-state index contributed by atoms with van der Waals surface area (Å²) in [5.41, 5.74) is 1.17. The highest BCUT2D eigenvalue weighted by atomic mass is 13.8. The van der Waals surface area contributed by atoms with Gasteiger partial charge in [0.1, 0.15) is 0 Å². The molecule has 0 unspecified atom stereocenters. The van der Waals surface area contributed by atoms with Crippen LogP contribution in [0.15, 0.2) is 50.1 Å². The van der Waals surface area contributed by atoms with E-state index in [1.165, 1.54) is 5.56 Å². The van der Waals surface area contributed by atoms with Crippen LogP contribution in [0.1, 0.15) is 13.0 Å². The van der Waals surface area contributed by atoms with Gasteiger partial charge in [-0.2, -0.15) is 0 Å².